The molecule has 0 saturated heterocycles. The number of rotatable bonds is 15. The second-order valence-corrected chi connectivity index (χ2v) is 29.2. The van der Waals surface area contributed by atoms with E-state index in [0.29, 0.717) is 0 Å². The molecule has 3 aromatic heterocycles. The summed E-state index contributed by atoms with van der Waals surface area (Å²) in [6, 6.07) is 141. The SMILES string of the molecule is c1ccc(-c2ccc(N(c3ccc(-c4ccc5sc6ccccc6c5c4)cc3)c3cc(N(c4ccc(-c5ccccc5)cc4)c4ccc(-c5ccc6sc7ccccc7c6c5)cc4)cc(N(c4ccc(-c5ccccc5)cc4)c4ccc(-c5cccc6c5sc5ccccc56)cc4)c3)cc2)cc1. The highest BCUT2D eigenvalue weighted by Gasteiger charge is 2.25. The van der Waals surface area contributed by atoms with Crippen LogP contribution in [0.3, 0.4) is 0 Å². The standard InChI is InChI=1S/C96H63N3S3/c1-4-17-64(18-5-1)67-31-45-75(46-32-67)97(78-51-37-70(38-52-78)73-43-57-94-89(59-73)86-24-11-13-28-91(86)100-94)81-61-82(98(76-47-33-68(34-48-76)65-19-6-2-7-20-65)79-53-39-71(40-54-79)74-44-58-95-90(60-74)87-25-12-14-29-92(87)101-95)63-83(62-81)99(77-49-35-69(36-50-77)66-21-8-3-9-22-66)80-55-41-72(42-56-80)84-26-16-27-88-85-23-10-15-30-93(85)102-96(84)88/h1-63H. The van der Waals surface area contributed by atoms with Gasteiger partial charge in [0, 0.05) is 94.6 Å². The maximum absolute atomic E-state index is 2.44. The van der Waals surface area contributed by atoms with Crippen LogP contribution in [-0.4, -0.2) is 0 Å². The fraction of sp³-hybridized carbons (Fsp3) is 0. The Balaban J connectivity index is 0.826. The van der Waals surface area contributed by atoms with Gasteiger partial charge in [0.1, 0.15) is 0 Å². The Morgan fingerprint density at radius 3 is 0.755 bits per heavy atom. The average Bonchev–Trinajstić information content (AvgIpc) is 1.28. The van der Waals surface area contributed by atoms with Crippen molar-refractivity contribution in [1.29, 1.82) is 0 Å². The summed E-state index contributed by atoms with van der Waals surface area (Å²) >= 11 is 5.58. The molecule has 0 aliphatic carbocycles. The van der Waals surface area contributed by atoms with E-state index in [1.165, 1.54) is 99.5 Å². The van der Waals surface area contributed by atoms with E-state index in [9.17, 15) is 0 Å². The second kappa shape index (κ2) is 26.0. The molecule has 0 unspecified atom stereocenters. The van der Waals surface area contributed by atoms with Crippen molar-refractivity contribution in [1.82, 2.24) is 0 Å². The Labute approximate surface area is 604 Å². The van der Waals surface area contributed by atoms with Gasteiger partial charge < -0.3 is 14.7 Å². The van der Waals surface area contributed by atoms with E-state index in [1.54, 1.807) is 0 Å². The summed E-state index contributed by atoms with van der Waals surface area (Å²) in [7, 11) is 0. The topological polar surface area (TPSA) is 9.72 Å². The van der Waals surface area contributed by atoms with E-state index >= 15 is 0 Å². The van der Waals surface area contributed by atoms with Crippen LogP contribution >= 0.6 is 34.0 Å². The van der Waals surface area contributed by atoms with Gasteiger partial charge in [-0.3, -0.25) is 0 Å². The summed E-state index contributed by atoms with van der Waals surface area (Å²) in [4.78, 5) is 7.33. The lowest BCUT2D eigenvalue weighted by molar-refractivity contribution is 1.22. The number of benzene rings is 16. The van der Waals surface area contributed by atoms with Gasteiger partial charge in [-0.15, -0.1) is 34.0 Å². The summed E-state index contributed by atoms with van der Waals surface area (Å²) < 4.78 is 7.78. The maximum Gasteiger partial charge on any atom is 0.0503 e. The lowest BCUT2D eigenvalue weighted by Crippen LogP contribution is -2.16. The molecule has 0 fully saturated rings. The molecule has 0 bridgehead atoms. The Morgan fingerprint density at radius 2 is 0.402 bits per heavy atom. The molecule has 480 valence electrons. The number of thiophene rings is 3. The Morgan fingerprint density at radius 1 is 0.147 bits per heavy atom. The lowest BCUT2D eigenvalue weighted by Gasteiger charge is -2.33. The predicted molar refractivity (Wildman–Crippen MR) is 442 cm³/mol. The summed E-state index contributed by atoms with van der Waals surface area (Å²) in [5, 5.41) is 7.73. The van der Waals surface area contributed by atoms with Crippen molar-refractivity contribution in [2.75, 3.05) is 14.7 Å². The van der Waals surface area contributed by atoms with Gasteiger partial charge >= 0.3 is 0 Å². The molecule has 0 saturated carbocycles. The predicted octanol–water partition coefficient (Wildman–Crippen LogP) is 29.2. The molecular weight excluding hydrogens is 1290 g/mol. The zero-order valence-corrected chi connectivity index (χ0v) is 57.9. The molecule has 0 aliphatic heterocycles. The van der Waals surface area contributed by atoms with E-state index in [1.807, 2.05) is 34.0 Å². The van der Waals surface area contributed by atoms with Crippen LogP contribution in [0.5, 0.6) is 0 Å². The highest BCUT2D eigenvalue weighted by atomic mass is 32.1. The van der Waals surface area contributed by atoms with Crippen LogP contribution < -0.4 is 14.7 Å². The lowest BCUT2D eigenvalue weighted by atomic mass is 10.0. The van der Waals surface area contributed by atoms with Crippen molar-refractivity contribution >= 4 is 146 Å². The first-order chi connectivity index (χ1) is 50.5. The zero-order chi connectivity index (χ0) is 67.5. The number of nitrogens with zero attached hydrogens (tertiary/aromatic N) is 3. The smallest absolute Gasteiger partial charge is 0.0503 e. The third-order valence-electron chi connectivity index (χ3n) is 19.9. The third-order valence-corrected chi connectivity index (χ3v) is 23.4. The first-order valence-corrected chi connectivity index (χ1v) is 37.0. The van der Waals surface area contributed by atoms with Gasteiger partial charge in [0.15, 0.2) is 0 Å². The fourth-order valence-corrected chi connectivity index (χ4v) is 18.2. The molecule has 0 spiro atoms. The molecule has 19 aromatic rings. The average molecular weight is 1350 g/mol. The number of anilines is 9. The van der Waals surface area contributed by atoms with Crippen LogP contribution in [0.15, 0.2) is 382 Å². The molecule has 102 heavy (non-hydrogen) atoms. The van der Waals surface area contributed by atoms with Gasteiger partial charge in [0.25, 0.3) is 0 Å². The van der Waals surface area contributed by atoms with E-state index in [4.69, 9.17) is 0 Å². The molecule has 19 rings (SSSR count). The largest absolute Gasteiger partial charge is 0.310 e. The summed E-state index contributed by atoms with van der Waals surface area (Å²) in [6.45, 7) is 0. The van der Waals surface area contributed by atoms with E-state index in [0.717, 1.165) is 79.0 Å². The summed E-state index contributed by atoms with van der Waals surface area (Å²) in [5.74, 6) is 0. The molecule has 16 aromatic carbocycles. The highest BCUT2D eigenvalue weighted by Crippen LogP contribution is 2.49. The molecule has 3 nitrogen and oxygen atoms in total. The van der Waals surface area contributed by atoms with Gasteiger partial charge in [0.2, 0.25) is 0 Å². The molecule has 6 heteroatoms. The van der Waals surface area contributed by atoms with Crippen LogP contribution in [0.2, 0.25) is 0 Å². The van der Waals surface area contributed by atoms with Crippen molar-refractivity contribution in [3.8, 4) is 66.8 Å². The van der Waals surface area contributed by atoms with Crippen molar-refractivity contribution in [3.05, 3.63) is 382 Å². The minimum absolute atomic E-state index is 0.978. The fourth-order valence-electron chi connectivity index (χ4n) is 14.8. The molecule has 0 atom stereocenters. The van der Waals surface area contributed by atoms with E-state index in [-0.39, 0.29) is 0 Å². The minimum atomic E-state index is 0.978. The first kappa shape index (κ1) is 60.7. The van der Waals surface area contributed by atoms with Gasteiger partial charge in [-0.2, -0.15) is 0 Å². The van der Waals surface area contributed by atoms with Gasteiger partial charge in [0.05, 0.1) is 17.1 Å². The summed E-state index contributed by atoms with van der Waals surface area (Å²) in [6.07, 6.45) is 0. The molecule has 0 amide bonds. The molecular formula is C96H63N3S3. The van der Waals surface area contributed by atoms with Gasteiger partial charge in [-0.05, 0) is 200 Å². The van der Waals surface area contributed by atoms with Crippen LogP contribution in [-0.2, 0) is 0 Å². The third kappa shape index (κ3) is 11.3. The first-order valence-electron chi connectivity index (χ1n) is 34.6. The molecule has 0 aliphatic rings. The number of hydrogen-bond donors (Lipinski definition) is 0. The quantitative estimate of drug-likeness (QED) is 0.101. The van der Waals surface area contributed by atoms with Crippen LogP contribution in [0.1, 0.15) is 0 Å². The monoisotopic (exact) mass is 1350 g/mol. The second-order valence-electron chi connectivity index (χ2n) is 26.0. The molecule has 0 radical (unpaired) electrons. The molecule has 3 heterocycles. The van der Waals surface area contributed by atoms with Crippen molar-refractivity contribution < 1.29 is 0 Å². The van der Waals surface area contributed by atoms with Crippen LogP contribution in [0, 0.1) is 0 Å². The van der Waals surface area contributed by atoms with Crippen molar-refractivity contribution in [2.24, 2.45) is 0 Å². The normalized spacial score (nSPS) is 11.5. The Bertz CT molecular complexity index is 6000. The van der Waals surface area contributed by atoms with Crippen LogP contribution in [0.4, 0.5) is 51.2 Å². The Hall–Kier alpha value is -12.4. The zero-order valence-electron chi connectivity index (χ0n) is 55.4. The van der Waals surface area contributed by atoms with E-state index in [2.05, 4.69) is 397 Å². The van der Waals surface area contributed by atoms with Gasteiger partial charge in [-0.1, -0.05) is 249 Å². The van der Waals surface area contributed by atoms with Crippen molar-refractivity contribution in [2.45, 2.75) is 0 Å². The molecule has 0 N–H and O–H groups in total. The maximum atomic E-state index is 2.44. The minimum Gasteiger partial charge on any atom is -0.310 e. The highest BCUT2D eigenvalue weighted by molar-refractivity contribution is 7.26. The van der Waals surface area contributed by atoms with Crippen molar-refractivity contribution in [3.63, 3.8) is 0 Å². The number of fused-ring (bicyclic) bond motifs is 9. The Kier molecular flexibility index (Phi) is 15.5. The number of hydrogen-bond acceptors (Lipinski definition) is 6. The van der Waals surface area contributed by atoms with E-state index < -0.39 is 0 Å². The van der Waals surface area contributed by atoms with Crippen LogP contribution in [0.25, 0.3) is 127 Å². The summed E-state index contributed by atoms with van der Waals surface area (Å²) in [5.41, 5.74) is 23.1. The van der Waals surface area contributed by atoms with Gasteiger partial charge in [-0.25, -0.2) is 0 Å².